The molecule has 0 N–H and O–H groups in total. The quantitative estimate of drug-likeness (QED) is 0.193. The van der Waals surface area contributed by atoms with Gasteiger partial charge in [-0.1, -0.05) is 97.1 Å². The third kappa shape index (κ3) is 4.81. The van der Waals surface area contributed by atoms with Crippen molar-refractivity contribution in [3.63, 3.8) is 0 Å². The Hall–Kier alpha value is -5.02. The Morgan fingerprint density at radius 2 is 1.17 bits per heavy atom. The van der Waals surface area contributed by atoms with E-state index in [4.69, 9.17) is 0 Å². The van der Waals surface area contributed by atoms with E-state index >= 15 is 0 Å². The molecule has 0 saturated carbocycles. The lowest BCUT2D eigenvalue weighted by Crippen LogP contribution is -2.03. The number of rotatable bonds is 7. The van der Waals surface area contributed by atoms with E-state index in [1.165, 1.54) is 44.2 Å². The molecule has 0 aliphatic heterocycles. The highest BCUT2D eigenvalue weighted by Crippen LogP contribution is 2.37. The molecule has 41 heavy (non-hydrogen) atoms. The van der Waals surface area contributed by atoms with Gasteiger partial charge in [0.15, 0.2) is 0 Å². The van der Waals surface area contributed by atoms with Crippen LogP contribution in [-0.4, -0.2) is 14.5 Å². The molecule has 7 rings (SSSR count). The van der Waals surface area contributed by atoms with Gasteiger partial charge in [0.05, 0.1) is 11.0 Å². The molecule has 7 aromatic rings. The van der Waals surface area contributed by atoms with Gasteiger partial charge in [-0.25, -0.2) is 9.97 Å². The maximum atomic E-state index is 4.63. The van der Waals surface area contributed by atoms with Crippen LogP contribution in [-0.2, 0) is 12.8 Å². The van der Waals surface area contributed by atoms with Crippen LogP contribution < -0.4 is 0 Å². The molecule has 0 bridgehead atoms. The SMILES string of the molecule is Cc1ccccc1CCc1ccc2c(c1)c1cc(C(c3ccccc3)c3ccccc3)ccc1n2-c1ncccn1. The first kappa shape index (κ1) is 25.0. The normalized spacial score (nSPS) is 11.5. The molecule has 0 spiro atoms. The minimum Gasteiger partial charge on any atom is -0.278 e. The fourth-order valence-electron chi connectivity index (χ4n) is 6.08. The Bertz CT molecular complexity index is 1900. The van der Waals surface area contributed by atoms with E-state index in [9.17, 15) is 0 Å². The molecule has 2 heterocycles. The van der Waals surface area contributed by atoms with Crippen molar-refractivity contribution in [3.8, 4) is 5.95 Å². The minimum absolute atomic E-state index is 0.136. The van der Waals surface area contributed by atoms with E-state index in [2.05, 4.69) is 143 Å². The molecule has 2 aromatic heterocycles. The maximum Gasteiger partial charge on any atom is 0.234 e. The molecule has 0 atom stereocenters. The number of benzene rings is 5. The van der Waals surface area contributed by atoms with E-state index in [-0.39, 0.29) is 5.92 Å². The van der Waals surface area contributed by atoms with Gasteiger partial charge in [-0.3, -0.25) is 4.57 Å². The summed E-state index contributed by atoms with van der Waals surface area (Å²) in [5.74, 6) is 0.827. The Morgan fingerprint density at radius 1 is 0.561 bits per heavy atom. The van der Waals surface area contributed by atoms with Crippen LogP contribution in [0, 0.1) is 6.92 Å². The molecule has 0 saturated heterocycles. The third-order valence-electron chi connectivity index (χ3n) is 8.15. The molecule has 0 fully saturated rings. The zero-order valence-electron chi connectivity index (χ0n) is 23.1. The average molecular weight is 530 g/mol. The molecular weight excluding hydrogens is 498 g/mol. The van der Waals surface area contributed by atoms with Crippen LogP contribution in [0.25, 0.3) is 27.8 Å². The second kappa shape index (κ2) is 10.9. The van der Waals surface area contributed by atoms with Crippen molar-refractivity contribution in [2.75, 3.05) is 0 Å². The highest BCUT2D eigenvalue weighted by Gasteiger charge is 2.20. The predicted octanol–water partition coefficient (Wildman–Crippen LogP) is 8.85. The summed E-state index contributed by atoms with van der Waals surface area (Å²) in [7, 11) is 0. The molecular formula is C38H31N3. The summed E-state index contributed by atoms with van der Waals surface area (Å²) in [6.07, 6.45) is 5.64. The lowest BCUT2D eigenvalue weighted by atomic mass is 9.84. The molecule has 0 amide bonds. The third-order valence-corrected chi connectivity index (χ3v) is 8.15. The van der Waals surface area contributed by atoms with E-state index in [0.29, 0.717) is 5.95 Å². The summed E-state index contributed by atoms with van der Waals surface area (Å²) < 4.78 is 2.19. The Morgan fingerprint density at radius 3 is 1.85 bits per heavy atom. The number of aryl methyl sites for hydroxylation is 3. The van der Waals surface area contributed by atoms with E-state index in [1.807, 2.05) is 18.5 Å². The lowest BCUT2D eigenvalue weighted by Gasteiger charge is -2.19. The summed E-state index contributed by atoms with van der Waals surface area (Å²) in [5.41, 5.74) is 10.2. The standard InChI is InChI=1S/C38H31N3/c1-27-11-8-9-12-29(27)19-17-28-18-21-35-33(25-28)34-26-32(20-22-36(34)41(35)38-39-23-10-24-40-38)37(30-13-4-2-5-14-30)31-15-6-3-7-16-31/h2-16,18,20-26,37H,17,19H2,1H3. The first-order valence-corrected chi connectivity index (χ1v) is 14.2. The monoisotopic (exact) mass is 529 g/mol. The molecule has 3 nitrogen and oxygen atoms in total. The Kier molecular flexibility index (Phi) is 6.62. The highest BCUT2D eigenvalue weighted by molar-refractivity contribution is 6.09. The second-order valence-electron chi connectivity index (χ2n) is 10.7. The van der Waals surface area contributed by atoms with Crippen molar-refractivity contribution < 1.29 is 0 Å². The van der Waals surface area contributed by atoms with Crippen LogP contribution in [0.3, 0.4) is 0 Å². The largest absolute Gasteiger partial charge is 0.278 e. The summed E-state index contributed by atoms with van der Waals surface area (Å²) in [6.45, 7) is 2.20. The lowest BCUT2D eigenvalue weighted by molar-refractivity contribution is 0.950. The van der Waals surface area contributed by atoms with Crippen molar-refractivity contribution in [1.82, 2.24) is 14.5 Å². The maximum absolute atomic E-state index is 4.63. The summed E-state index contributed by atoms with van der Waals surface area (Å²) in [5, 5.41) is 2.45. The zero-order chi connectivity index (χ0) is 27.6. The average Bonchev–Trinajstić information content (AvgIpc) is 3.35. The van der Waals surface area contributed by atoms with Crippen LogP contribution >= 0.6 is 0 Å². The number of fused-ring (bicyclic) bond motifs is 3. The highest BCUT2D eigenvalue weighted by atomic mass is 15.1. The predicted molar refractivity (Wildman–Crippen MR) is 169 cm³/mol. The van der Waals surface area contributed by atoms with Gasteiger partial charge >= 0.3 is 0 Å². The van der Waals surface area contributed by atoms with Gasteiger partial charge in [0, 0.05) is 29.1 Å². The van der Waals surface area contributed by atoms with E-state index in [0.717, 1.165) is 23.9 Å². The van der Waals surface area contributed by atoms with Crippen LogP contribution in [0.2, 0.25) is 0 Å². The van der Waals surface area contributed by atoms with Crippen LogP contribution in [0.5, 0.6) is 0 Å². The number of hydrogen-bond donors (Lipinski definition) is 0. The van der Waals surface area contributed by atoms with Crippen molar-refractivity contribution in [3.05, 3.63) is 173 Å². The summed E-state index contributed by atoms with van der Waals surface area (Å²) in [6, 6.07) is 45.9. The van der Waals surface area contributed by atoms with Crippen molar-refractivity contribution in [2.24, 2.45) is 0 Å². The first-order valence-electron chi connectivity index (χ1n) is 14.2. The number of aromatic nitrogens is 3. The van der Waals surface area contributed by atoms with Crippen LogP contribution in [0.1, 0.15) is 39.3 Å². The van der Waals surface area contributed by atoms with Gasteiger partial charge in [0.1, 0.15) is 0 Å². The first-order chi connectivity index (χ1) is 20.3. The van der Waals surface area contributed by atoms with Gasteiger partial charge < -0.3 is 0 Å². The molecule has 0 radical (unpaired) electrons. The van der Waals surface area contributed by atoms with E-state index in [1.54, 1.807) is 0 Å². The van der Waals surface area contributed by atoms with Crippen LogP contribution in [0.4, 0.5) is 0 Å². The van der Waals surface area contributed by atoms with Gasteiger partial charge in [0.2, 0.25) is 5.95 Å². The molecule has 0 aliphatic carbocycles. The summed E-state index contributed by atoms with van der Waals surface area (Å²) >= 11 is 0. The molecule has 5 aromatic carbocycles. The van der Waals surface area contributed by atoms with Crippen molar-refractivity contribution >= 4 is 21.8 Å². The van der Waals surface area contributed by atoms with Crippen molar-refractivity contribution in [1.29, 1.82) is 0 Å². The van der Waals surface area contributed by atoms with Crippen LogP contribution in [0.15, 0.2) is 140 Å². The Balaban J connectivity index is 1.40. The summed E-state index contributed by atoms with van der Waals surface area (Å²) in [4.78, 5) is 9.27. The minimum atomic E-state index is 0.136. The van der Waals surface area contributed by atoms with Crippen molar-refractivity contribution in [2.45, 2.75) is 25.7 Å². The zero-order valence-corrected chi connectivity index (χ0v) is 23.1. The molecule has 0 aliphatic rings. The Labute approximate surface area is 240 Å². The fourth-order valence-corrected chi connectivity index (χ4v) is 6.08. The molecule has 3 heteroatoms. The topological polar surface area (TPSA) is 30.7 Å². The number of hydrogen-bond acceptors (Lipinski definition) is 2. The van der Waals surface area contributed by atoms with Gasteiger partial charge in [0.25, 0.3) is 0 Å². The molecule has 198 valence electrons. The van der Waals surface area contributed by atoms with Gasteiger partial charge in [-0.2, -0.15) is 0 Å². The fraction of sp³-hybridized carbons (Fsp3) is 0.105. The van der Waals surface area contributed by atoms with Gasteiger partial charge in [-0.15, -0.1) is 0 Å². The van der Waals surface area contributed by atoms with Gasteiger partial charge in [-0.05, 0) is 83.5 Å². The number of nitrogens with zero attached hydrogens (tertiary/aromatic N) is 3. The molecule has 0 unspecified atom stereocenters. The smallest absolute Gasteiger partial charge is 0.234 e. The second-order valence-corrected chi connectivity index (χ2v) is 10.7. The van der Waals surface area contributed by atoms with E-state index < -0.39 is 0 Å².